The Hall–Kier alpha value is -1.29. The summed E-state index contributed by atoms with van der Waals surface area (Å²) in [4.78, 5) is 0. The second-order valence-corrected chi connectivity index (χ2v) is 4.76. The second kappa shape index (κ2) is 6.24. The number of aliphatic hydroxyl groups excluding tert-OH is 1. The van der Waals surface area contributed by atoms with Crippen molar-refractivity contribution in [2.24, 2.45) is 0 Å². The van der Waals surface area contributed by atoms with E-state index >= 15 is 0 Å². The van der Waals surface area contributed by atoms with Crippen LogP contribution in [0.1, 0.15) is 11.1 Å². The summed E-state index contributed by atoms with van der Waals surface area (Å²) < 4.78 is 18.7. The molecule has 0 spiro atoms. The lowest BCUT2D eigenvalue weighted by molar-refractivity contribution is 0.276. The molecule has 0 heterocycles. The molecule has 0 fully saturated rings. The lowest BCUT2D eigenvalue weighted by Crippen LogP contribution is -1.98. The third kappa shape index (κ3) is 3.60. The van der Waals surface area contributed by atoms with Crippen molar-refractivity contribution in [3.8, 4) is 5.75 Å². The summed E-state index contributed by atoms with van der Waals surface area (Å²) in [6.45, 7) is -0.117. The molecule has 2 aromatic carbocycles. The Labute approximate surface area is 120 Å². The summed E-state index contributed by atoms with van der Waals surface area (Å²) in [5, 5.41) is 9.98. The summed E-state index contributed by atoms with van der Waals surface area (Å²) >= 11 is 12.0. The zero-order valence-corrected chi connectivity index (χ0v) is 11.4. The van der Waals surface area contributed by atoms with Crippen molar-refractivity contribution in [1.29, 1.82) is 0 Å². The molecule has 0 atom stereocenters. The minimum atomic E-state index is -0.466. The zero-order chi connectivity index (χ0) is 13.8. The van der Waals surface area contributed by atoms with E-state index in [-0.39, 0.29) is 13.2 Å². The first kappa shape index (κ1) is 14.1. The van der Waals surface area contributed by atoms with Crippen molar-refractivity contribution in [2.45, 2.75) is 13.2 Å². The maximum atomic E-state index is 13.3. The fourth-order valence-electron chi connectivity index (χ4n) is 1.62. The van der Waals surface area contributed by atoms with E-state index in [1.807, 2.05) is 0 Å². The van der Waals surface area contributed by atoms with Crippen LogP contribution < -0.4 is 4.74 Å². The van der Waals surface area contributed by atoms with Crippen molar-refractivity contribution in [2.75, 3.05) is 0 Å². The Bertz CT molecular complexity index is 567. The largest absolute Gasteiger partial charge is 0.489 e. The zero-order valence-electron chi connectivity index (χ0n) is 9.87. The normalized spacial score (nSPS) is 10.5. The molecule has 0 amide bonds. The van der Waals surface area contributed by atoms with Gasteiger partial charge in [-0.1, -0.05) is 29.3 Å². The van der Waals surface area contributed by atoms with E-state index in [0.29, 0.717) is 26.9 Å². The fourth-order valence-corrected chi connectivity index (χ4v) is 2.13. The average molecular weight is 301 g/mol. The monoisotopic (exact) mass is 300 g/mol. The predicted molar refractivity (Wildman–Crippen MR) is 73.1 cm³/mol. The van der Waals surface area contributed by atoms with Gasteiger partial charge in [0.15, 0.2) is 0 Å². The minimum Gasteiger partial charge on any atom is -0.489 e. The van der Waals surface area contributed by atoms with Gasteiger partial charge in [0.05, 0.1) is 6.61 Å². The maximum Gasteiger partial charge on any atom is 0.127 e. The smallest absolute Gasteiger partial charge is 0.127 e. The lowest BCUT2D eigenvalue weighted by Gasteiger charge is -2.10. The van der Waals surface area contributed by atoms with Gasteiger partial charge in [-0.25, -0.2) is 4.39 Å². The Balaban J connectivity index is 2.16. The van der Waals surface area contributed by atoms with Crippen LogP contribution in [-0.4, -0.2) is 5.11 Å². The van der Waals surface area contributed by atoms with Crippen LogP contribution in [0.5, 0.6) is 5.75 Å². The summed E-state index contributed by atoms with van der Waals surface area (Å²) in [7, 11) is 0. The van der Waals surface area contributed by atoms with Crippen LogP contribution in [0.2, 0.25) is 10.0 Å². The van der Waals surface area contributed by atoms with E-state index in [1.54, 1.807) is 24.3 Å². The van der Waals surface area contributed by atoms with E-state index in [9.17, 15) is 4.39 Å². The van der Waals surface area contributed by atoms with Gasteiger partial charge in [-0.2, -0.15) is 0 Å². The molecule has 0 saturated heterocycles. The molecule has 0 unspecified atom stereocenters. The highest BCUT2D eigenvalue weighted by Crippen LogP contribution is 2.26. The van der Waals surface area contributed by atoms with Crippen molar-refractivity contribution < 1.29 is 14.2 Å². The van der Waals surface area contributed by atoms with Gasteiger partial charge in [0.1, 0.15) is 18.2 Å². The first-order valence-corrected chi connectivity index (χ1v) is 6.32. The van der Waals surface area contributed by atoms with Crippen LogP contribution in [0.15, 0.2) is 36.4 Å². The number of halogens is 3. The molecule has 1 N–H and O–H groups in total. The van der Waals surface area contributed by atoms with Crippen LogP contribution in [0.4, 0.5) is 4.39 Å². The molecule has 0 aliphatic carbocycles. The molecule has 0 bridgehead atoms. The van der Waals surface area contributed by atoms with Crippen molar-refractivity contribution >= 4 is 23.2 Å². The van der Waals surface area contributed by atoms with Crippen LogP contribution in [-0.2, 0) is 13.2 Å². The fraction of sp³-hybridized carbons (Fsp3) is 0.143. The summed E-state index contributed by atoms with van der Waals surface area (Å²) in [6, 6.07) is 9.20. The van der Waals surface area contributed by atoms with Crippen LogP contribution in [0, 0.1) is 5.82 Å². The highest BCUT2D eigenvalue weighted by atomic mass is 35.5. The molecule has 0 aliphatic heterocycles. The van der Waals surface area contributed by atoms with Gasteiger partial charge in [0.2, 0.25) is 0 Å². The molecular formula is C14H11Cl2FO2. The molecule has 0 aliphatic rings. The molecule has 5 heteroatoms. The number of hydrogen-bond acceptors (Lipinski definition) is 2. The van der Waals surface area contributed by atoms with Crippen molar-refractivity contribution in [3.63, 3.8) is 0 Å². The molecule has 0 saturated carbocycles. The standard InChI is InChI=1S/C14H11Cl2FO2/c15-13-2-1-3-14(16)12(13)8-19-11-5-9(7-18)4-10(17)6-11/h1-6,18H,7-8H2. The molecule has 0 radical (unpaired) electrons. The number of rotatable bonds is 4. The topological polar surface area (TPSA) is 29.5 Å². The van der Waals surface area contributed by atoms with Gasteiger partial charge in [0.25, 0.3) is 0 Å². The Kier molecular flexibility index (Phi) is 4.64. The van der Waals surface area contributed by atoms with E-state index in [0.717, 1.165) is 0 Å². The molecular weight excluding hydrogens is 290 g/mol. The highest BCUT2D eigenvalue weighted by Gasteiger charge is 2.07. The van der Waals surface area contributed by atoms with Gasteiger partial charge in [-0.15, -0.1) is 0 Å². The maximum absolute atomic E-state index is 13.3. The molecule has 19 heavy (non-hydrogen) atoms. The average Bonchev–Trinajstić information content (AvgIpc) is 2.37. The number of aliphatic hydroxyl groups is 1. The van der Waals surface area contributed by atoms with Gasteiger partial charge in [-0.05, 0) is 29.8 Å². The quantitative estimate of drug-likeness (QED) is 0.917. The Morgan fingerprint density at radius 3 is 2.42 bits per heavy atom. The first-order valence-electron chi connectivity index (χ1n) is 5.56. The van der Waals surface area contributed by atoms with E-state index < -0.39 is 5.82 Å². The van der Waals surface area contributed by atoms with Gasteiger partial charge in [-0.3, -0.25) is 0 Å². The van der Waals surface area contributed by atoms with E-state index in [2.05, 4.69) is 0 Å². The van der Waals surface area contributed by atoms with Gasteiger partial charge in [0, 0.05) is 21.7 Å². The SMILES string of the molecule is OCc1cc(F)cc(OCc2c(Cl)cccc2Cl)c1. The first-order chi connectivity index (χ1) is 9.10. The molecule has 2 nitrogen and oxygen atoms in total. The number of benzene rings is 2. The van der Waals surface area contributed by atoms with Crippen LogP contribution in [0.25, 0.3) is 0 Å². The molecule has 2 rings (SSSR count). The third-order valence-corrected chi connectivity index (χ3v) is 3.27. The summed E-state index contributed by atoms with van der Waals surface area (Å²) in [5.74, 6) is -0.146. The lowest BCUT2D eigenvalue weighted by atomic mass is 10.2. The molecule has 2 aromatic rings. The highest BCUT2D eigenvalue weighted by molar-refractivity contribution is 6.35. The van der Waals surface area contributed by atoms with E-state index in [1.165, 1.54) is 12.1 Å². The Morgan fingerprint density at radius 1 is 1.11 bits per heavy atom. The Morgan fingerprint density at radius 2 is 1.79 bits per heavy atom. The minimum absolute atomic E-state index is 0.132. The summed E-state index contributed by atoms with van der Waals surface area (Å²) in [6.07, 6.45) is 0. The second-order valence-electron chi connectivity index (χ2n) is 3.94. The number of ether oxygens (including phenoxy) is 1. The predicted octanol–water partition coefficient (Wildman–Crippen LogP) is 4.20. The van der Waals surface area contributed by atoms with Crippen LogP contribution >= 0.6 is 23.2 Å². The summed E-state index contributed by atoms with van der Waals surface area (Å²) in [5.41, 5.74) is 1.08. The van der Waals surface area contributed by atoms with E-state index in [4.69, 9.17) is 33.0 Å². The number of hydrogen-bond donors (Lipinski definition) is 1. The van der Waals surface area contributed by atoms with Crippen molar-refractivity contribution in [1.82, 2.24) is 0 Å². The van der Waals surface area contributed by atoms with Gasteiger partial charge >= 0.3 is 0 Å². The van der Waals surface area contributed by atoms with Gasteiger partial charge < -0.3 is 9.84 Å². The molecule has 0 aromatic heterocycles. The molecule has 100 valence electrons. The third-order valence-electron chi connectivity index (χ3n) is 2.56. The van der Waals surface area contributed by atoms with Crippen LogP contribution in [0.3, 0.4) is 0 Å². The van der Waals surface area contributed by atoms with Crippen molar-refractivity contribution in [3.05, 3.63) is 63.4 Å².